The van der Waals surface area contributed by atoms with Crippen molar-refractivity contribution < 1.29 is 9.59 Å². The molecule has 1 fully saturated rings. The van der Waals surface area contributed by atoms with Crippen LogP contribution >= 0.6 is 11.3 Å². The quantitative estimate of drug-likeness (QED) is 0.736. The highest BCUT2D eigenvalue weighted by Gasteiger charge is 2.23. The Kier molecular flexibility index (Phi) is 4.43. The molecule has 2 amide bonds. The van der Waals surface area contributed by atoms with Crippen LogP contribution in [0.15, 0.2) is 0 Å². The molecule has 1 aromatic heterocycles. The summed E-state index contributed by atoms with van der Waals surface area (Å²) in [6, 6.07) is -0.0472. The Bertz CT molecular complexity index is 506. The van der Waals surface area contributed by atoms with Crippen molar-refractivity contribution in [3.8, 4) is 0 Å². The molecular formula is C12H19N5O2S. The molecule has 0 aromatic carbocycles. The minimum Gasteiger partial charge on any atom is -0.382 e. The molecule has 2 rings (SSSR count). The van der Waals surface area contributed by atoms with E-state index in [4.69, 9.17) is 5.73 Å². The lowest BCUT2D eigenvalue weighted by atomic mass is 10.1. The van der Waals surface area contributed by atoms with Crippen molar-refractivity contribution in [1.82, 2.24) is 15.6 Å². The number of hydrogen-bond acceptors (Lipinski definition) is 6. The van der Waals surface area contributed by atoms with Crippen molar-refractivity contribution in [3.05, 3.63) is 4.88 Å². The van der Waals surface area contributed by atoms with Gasteiger partial charge in [0.2, 0.25) is 5.91 Å². The second kappa shape index (κ2) is 6.08. The monoisotopic (exact) mass is 297 g/mol. The molecule has 0 bridgehead atoms. The number of aromatic nitrogens is 1. The van der Waals surface area contributed by atoms with E-state index in [1.165, 1.54) is 11.3 Å². The number of hydrogen-bond donors (Lipinski definition) is 3. The van der Waals surface area contributed by atoms with Crippen LogP contribution in [0.2, 0.25) is 0 Å². The van der Waals surface area contributed by atoms with Crippen molar-refractivity contribution >= 4 is 34.1 Å². The first-order chi connectivity index (χ1) is 9.51. The summed E-state index contributed by atoms with van der Waals surface area (Å²) in [4.78, 5) is 29.8. The van der Waals surface area contributed by atoms with E-state index in [-0.39, 0.29) is 23.7 Å². The Balaban J connectivity index is 2.02. The van der Waals surface area contributed by atoms with E-state index < -0.39 is 0 Å². The maximum absolute atomic E-state index is 12.2. The lowest BCUT2D eigenvalue weighted by Gasteiger charge is -2.23. The van der Waals surface area contributed by atoms with Gasteiger partial charge in [0.1, 0.15) is 10.7 Å². The number of thiazole rings is 1. The molecule has 1 saturated heterocycles. The van der Waals surface area contributed by atoms with E-state index in [1.54, 1.807) is 0 Å². The summed E-state index contributed by atoms with van der Waals surface area (Å²) in [5, 5.41) is 6.34. The second-order valence-electron chi connectivity index (χ2n) is 4.74. The molecule has 20 heavy (non-hydrogen) atoms. The number of nitrogens with one attached hydrogen (secondary N) is 2. The van der Waals surface area contributed by atoms with Gasteiger partial charge in [-0.25, -0.2) is 4.98 Å². The smallest absolute Gasteiger partial charge is 0.265 e. The zero-order valence-electron chi connectivity index (χ0n) is 11.6. The topological polar surface area (TPSA) is 100 Å². The van der Waals surface area contributed by atoms with Crippen molar-refractivity contribution in [3.63, 3.8) is 0 Å². The second-order valence-corrected chi connectivity index (χ2v) is 5.72. The van der Waals surface area contributed by atoms with Crippen LogP contribution in [0.1, 0.15) is 29.4 Å². The van der Waals surface area contributed by atoms with Crippen molar-refractivity contribution in [2.45, 2.75) is 25.8 Å². The summed E-state index contributed by atoms with van der Waals surface area (Å²) in [5.74, 6) is 0.0548. The highest BCUT2D eigenvalue weighted by Crippen LogP contribution is 2.27. The van der Waals surface area contributed by atoms with E-state index in [2.05, 4.69) is 15.6 Å². The van der Waals surface area contributed by atoms with Gasteiger partial charge >= 0.3 is 0 Å². The van der Waals surface area contributed by atoms with Crippen LogP contribution in [0.5, 0.6) is 0 Å². The number of nitrogens with two attached hydrogens (primary N) is 1. The van der Waals surface area contributed by atoms with Crippen LogP contribution in [-0.2, 0) is 4.79 Å². The van der Waals surface area contributed by atoms with Crippen molar-refractivity contribution in [2.75, 3.05) is 30.8 Å². The molecule has 0 radical (unpaired) electrons. The molecule has 1 aliphatic heterocycles. The van der Waals surface area contributed by atoms with Crippen molar-refractivity contribution in [2.24, 2.45) is 0 Å². The zero-order chi connectivity index (χ0) is 14.7. The van der Waals surface area contributed by atoms with Gasteiger partial charge in [-0.05, 0) is 13.3 Å². The Labute approximate surface area is 121 Å². The SMILES string of the molecule is CCN(C)c1nc(N)c(C(=O)NC2CCC(=O)NC2)s1. The predicted octanol–water partition coefficient (Wildman–Crippen LogP) is 0.190. The summed E-state index contributed by atoms with van der Waals surface area (Å²) in [5.41, 5.74) is 5.80. The van der Waals surface area contributed by atoms with Crippen LogP contribution in [0.3, 0.4) is 0 Å². The van der Waals surface area contributed by atoms with Gasteiger partial charge < -0.3 is 21.3 Å². The number of amides is 2. The number of nitrogen functional groups attached to an aromatic ring is 1. The first-order valence-corrected chi connectivity index (χ1v) is 7.38. The number of carbonyl (C=O) groups is 2. The maximum Gasteiger partial charge on any atom is 0.265 e. The number of nitrogens with zero attached hydrogens (tertiary/aromatic N) is 2. The third-order valence-corrected chi connectivity index (χ3v) is 4.43. The molecule has 1 aliphatic rings. The van der Waals surface area contributed by atoms with E-state index in [1.807, 2.05) is 18.9 Å². The average Bonchev–Trinajstić information content (AvgIpc) is 2.82. The summed E-state index contributed by atoms with van der Waals surface area (Å²) in [7, 11) is 1.90. The zero-order valence-corrected chi connectivity index (χ0v) is 12.4. The van der Waals surface area contributed by atoms with E-state index >= 15 is 0 Å². The molecule has 0 aliphatic carbocycles. The third kappa shape index (κ3) is 3.19. The molecule has 2 heterocycles. The average molecular weight is 297 g/mol. The number of carbonyl (C=O) groups excluding carboxylic acids is 2. The molecule has 1 aromatic rings. The Morgan fingerprint density at radius 3 is 3.00 bits per heavy atom. The van der Waals surface area contributed by atoms with Crippen LogP contribution in [0.4, 0.5) is 10.9 Å². The van der Waals surface area contributed by atoms with Crippen molar-refractivity contribution in [1.29, 1.82) is 0 Å². The minimum absolute atomic E-state index is 0.0275. The summed E-state index contributed by atoms with van der Waals surface area (Å²) < 4.78 is 0. The summed E-state index contributed by atoms with van der Waals surface area (Å²) in [6.07, 6.45) is 1.09. The molecule has 0 saturated carbocycles. The first-order valence-electron chi connectivity index (χ1n) is 6.56. The van der Waals surface area contributed by atoms with Gasteiger partial charge in [0, 0.05) is 32.6 Å². The summed E-state index contributed by atoms with van der Waals surface area (Å²) >= 11 is 1.28. The molecule has 1 unspecified atom stereocenters. The molecule has 0 spiro atoms. The molecule has 8 heteroatoms. The third-order valence-electron chi connectivity index (χ3n) is 3.25. The Hall–Kier alpha value is -1.83. The molecule has 4 N–H and O–H groups in total. The lowest BCUT2D eigenvalue weighted by molar-refractivity contribution is -0.122. The Morgan fingerprint density at radius 2 is 2.40 bits per heavy atom. The molecule has 110 valence electrons. The van der Waals surface area contributed by atoms with E-state index in [0.717, 1.165) is 11.7 Å². The molecular weight excluding hydrogens is 278 g/mol. The highest BCUT2D eigenvalue weighted by atomic mass is 32.1. The van der Waals surface area contributed by atoms with Crippen LogP contribution < -0.4 is 21.3 Å². The lowest BCUT2D eigenvalue weighted by Crippen LogP contribution is -2.47. The minimum atomic E-state index is -0.225. The number of piperidine rings is 1. The predicted molar refractivity (Wildman–Crippen MR) is 79.0 cm³/mol. The fourth-order valence-electron chi connectivity index (χ4n) is 1.89. The number of anilines is 2. The van der Waals surface area contributed by atoms with Gasteiger partial charge in [-0.1, -0.05) is 11.3 Å². The largest absolute Gasteiger partial charge is 0.382 e. The van der Waals surface area contributed by atoms with Crippen LogP contribution in [0.25, 0.3) is 0 Å². The van der Waals surface area contributed by atoms with Gasteiger partial charge in [0.15, 0.2) is 5.13 Å². The van der Waals surface area contributed by atoms with Gasteiger partial charge in [0.25, 0.3) is 5.91 Å². The van der Waals surface area contributed by atoms with Gasteiger partial charge in [-0.15, -0.1) is 0 Å². The fraction of sp³-hybridized carbons (Fsp3) is 0.583. The fourth-order valence-corrected chi connectivity index (χ4v) is 2.80. The Morgan fingerprint density at radius 1 is 1.65 bits per heavy atom. The highest BCUT2D eigenvalue weighted by molar-refractivity contribution is 7.18. The van der Waals surface area contributed by atoms with Gasteiger partial charge in [-0.3, -0.25) is 9.59 Å². The first kappa shape index (κ1) is 14.6. The standard InChI is InChI=1S/C12H19N5O2S/c1-3-17(2)12-16-10(13)9(20-12)11(19)15-7-4-5-8(18)14-6-7/h7H,3-6,13H2,1-2H3,(H,14,18)(H,15,19). The summed E-state index contributed by atoms with van der Waals surface area (Å²) in [6.45, 7) is 3.26. The normalized spacial score (nSPS) is 18.5. The van der Waals surface area contributed by atoms with E-state index in [0.29, 0.717) is 24.3 Å². The van der Waals surface area contributed by atoms with E-state index in [9.17, 15) is 9.59 Å². The molecule has 7 nitrogen and oxygen atoms in total. The van der Waals surface area contributed by atoms with Crippen LogP contribution in [0, 0.1) is 0 Å². The maximum atomic E-state index is 12.2. The van der Waals surface area contributed by atoms with Crippen LogP contribution in [-0.4, -0.2) is 43.0 Å². The number of rotatable bonds is 4. The van der Waals surface area contributed by atoms with Gasteiger partial charge in [-0.2, -0.15) is 0 Å². The molecule has 1 atom stereocenters. The van der Waals surface area contributed by atoms with Gasteiger partial charge in [0.05, 0.1) is 0 Å².